The first-order valence-electron chi connectivity index (χ1n) is 9.59. The van der Waals surface area contributed by atoms with Crippen LogP contribution in [0.5, 0.6) is 17.2 Å². The number of amides is 1. The first kappa shape index (κ1) is 22.4. The van der Waals surface area contributed by atoms with Crippen LogP contribution in [0.25, 0.3) is 0 Å². The number of nitro groups is 1. The number of hydrogen-bond donors (Lipinski definition) is 2. The minimum absolute atomic E-state index is 0.0533. The molecule has 2 aromatic rings. The second-order valence-electron chi connectivity index (χ2n) is 6.47. The molecule has 1 aliphatic heterocycles. The van der Waals surface area contributed by atoms with Crippen molar-refractivity contribution in [2.24, 2.45) is 0 Å². The van der Waals surface area contributed by atoms with E-state index in [4.69, 9.17) is 26.4 Å². The molecule has 1 amide bonds. The molecule has 0 bridgehead atoms. The lowest BCUT2D eigenvalue weighted by molar-refractivity contribution is -0.384. The third-order valence-corrected chi connectivity index (χ3v) is 4.48. The number of morpholine rings is 1. The minimum atomic E-state index is -0.589. The molecule has 1 fully saturated rings. The summed E-state index contributed by atoms with van der Waals surface area (Å²) in [5, 5.41) is 15.7. The van der Waals surface area contributed by atoms with Crippen molar-refractivity contribution in [1.29, 1.82) is 0 Å². The maximum Gasteiger partial charge on any atom is 0.284 e. The van der Waals surface area contributed by atoms with Gasteiger partial charge >= 0.3 is 0 Å². The highest BCUT2D eigenvalue weighted by atomic mass is 32.1. The quantitative estimate of drug-likeness (QED) is 0.376. The summed E-state index contributed by atoms with van der Waals surface area (Å²) in [7, 11) is 0. The van der Waals surface area contributed by atoms with Gasteiger partial charge in [-0.25, -0.2) is 5.01 Å². The molecule has 11 heteroatoms. The number of nitrogens with zero attached hydrogens (tertiary/aromatic N) is 2. The molecule has 1 heterocycles. The van der Waals surface area contributed by atoms with Gasteiger partial charge in [0.05, 0.1) is 36.5 Å². The Balaban J connectivity index is 1.70. The van der Waals surface area contributed by atoms with Gasteiger partial charge in [0.1, 0.15) is 17.2 Å². The van der Waals surface area contributed by atoms with Gasteiger partial charge < -0.3 is 25.0 Å². The maximum absolute atomic E-state index is 12.4. The molecule has 164 valence electrons. The van der Waals surface area contributed by atoms with Crippen LogP contribution < -0.4 is 20.2 Å². The summed E-state index contributed by atoms with van der Waals surface area (Å²) in [5.74, 6) is 0.753. The number of carbonyl (C=O) groups is 1. The predicted octanol–water partition coefficient (Wildman–Crippen LogP) is 2.89. The van der Waals surface area contributed by atoms with Crippen LogP contribution in [0.1, 0.15) is 6.92 Å². The van der Waals surface area contributed by atoms with Crippen molar-refractivity contribution in [3.05, 3.63) is 52.6 Å². The number of hydrazine groups is 1. The molecular weight excluding hydrogens is 424 g/mol. The zero-order valence-electron chi connectivity index (χ0n) is 16.8. The highest BCUT2D eigenvalue weighted by Crippen LogP contribution is 2.30. The molecule has 31 heavy (non-hydrogen) atoms. The number of nitro benzene ring substituents is 1. The summed E-state index contributed by atoms with van der Waals surface area (Å²) < 4.78 is 16.3. The van der Waals surface area contributed by atoms with E-state index < -0.39 is 10.8 Å². The zero-order valence-corrected chi connectivity index (χ0v) is 17.6. The van der Waals surface area contributed by atoms with Gasteiger partial charge in [-0.2, -0.15) is 0 Å². The van der Waals surface area contributed by atoms with E-state index in [2.05, 4.69) is 10.7 Å². The average molecular weight is 446 g/mol. The Morgan fingerprint density at radius 2 is 1.84 bits per heavy atom. The van der Waals surface area contributed by atoms with E-state index in [0.29, 0.717) is 44.4 Å². The van der Waals surface area contributed by atoms with Crippen LogP contribution in [-0.2, 0) is 9.53 Å². The number of anilines is 1. The zero-order chi connectivity index (χ0) is 22.2. The predicted molar refractivity (Wildman–Crippen MR) is 118 cm³/mol. The Hall–Kier alpha value is -3.28. The Bertz CT molecular complexity index is 947. The Morgan fingerprint density at radius 1 is 1.16 bits per heavy atom. The molecule has 0 unspecified atom stereocenters. The largest absolute Gasteiger partial charge is 0.494 e. The molecule has 0 saturated carbocycles. The van der Waals surface area contributed by atoms with Crippen molar-refractivity contribution in [2.45, 2.75) is 6.92 Å². The van der Waals surface area contributed by atoms with Crippen LogP contribution in [0.4, 0.5) is 11.4 Å². The highest BCUT2D eigenvalue weighted by Gasteiger charge is 2.18. The molecule has 1 aliphatic rings. The smallest absolute Gasteiger partial charge is 0.284 e. The number of nitrogens with one attached hydrogen (secondary N) is 2. The molecular formula is C20H22N4O6S. The monoisotopic (exact) mass is 446 g/mol. The van der Waals surface area contributed by atoms with Crippen molar-refractivity contribution in [2.75, 3.05) is 38.2 Å². The van der Waals surface area contributed by atoms with Gasteiger partial charge in [0.25, 0.3) is 11.6 Å². The SMILES string of the molecule is CCOc1ccc(Oc2cc(NC(=O)C(=S)NN3CCOCC3)cc([N+](=O)[O-])c2)cc1. The van der Waals surface area contributed by atoms with E-state index in [1.807, 2.05) is 6.92 Å². The van der Waals surface area contributed by atoms with Crippen molar-refractivity contribution < 1.29 is 23.9 Å². The molecule has 0 spiro atoms. The Kier molecular flexibility index (Phi) is 7.70. The van der Waals surface area contributed by atoms with Gasteiger partial charge in [0.15, 0.2) is 4.99 Å². The normalized spacial score (nSPS) is 13.8. The lowest BCUT2D eigenvalue weighted by atomic mass is 10.2. The first-order valence-corrected chi connectivity index (χ1v) is 10.0. The lowest BCUT2D eigenvalue weighted by Crippen LogP contribution is -2.50. The third kappa shape index (κ3) is 6.60. The number of carbonyl (C=O) groups excluding carboxylic acids is 1. The summed E-state index contributed by atoms with van der Waals surface area (Å²) in [5.41, 5.74) is 2.80. The number of hydrogen-bond acceptors (Lipinski definition) is 8. The molecule has 2 aromatic carbocycles. The number of benzene rings is 2. The van der Waals surface area contributed by atoms with Gasteiger partial charge in [-0.3, -0.25) is 14.9 Å². The Labute approximate surface area is 184 Å². The topological polar surface area (TPSA) is 115 Å². The van der Waals surface area contributed by atoms with Crippen LogP contribution >= 0.6 is 12.2 Å². The van der Waals surface area contributed by atoms with Gasteiger partial charge in [0.2, 0.25) is 0 Å². The molecule has 0 atom stereocenters. The molecule has 1 saturated heterocycles. The van der Waals surface area contributed by atoms with Crippen molar-refractivity contribution in [1.82, 2.24) is 10.4 Å². The molecule has 0 aliphatic carbocycles. The Morgan fingerprint density at radius 3 is 2.48 bits per heavy atom. The van der Waals surface area contributed by atoms with Crippen LogP contribution in [0.3, 0.4) is 0 Å². The highest BCUT2D eigenvalue weighted by molar-refractivity contribution is 7.82. The fourth-order valence-electron chi connectivity index (χ4n) is 2.78. The van der Waals surface area contributed by atoms with Gasteiger partial charge in [0, 0.05) is 25.2 Å². The summed E-state index contributed by atoms with van der Waals surface area (Å²) in [4.78, 5) is 23.1. The van der Waals surface area contributed by atoms with Crippen LogP contribution in [0.15, 0.2) is 42.5 Å². The summed E-state index contributed by atoms with van der Waals surface area (Å²) in [6, 6.07) is 10.8. The molecule has 3 rings (SSSR count). The van der Waals surface area contributed by atoms with E-state index in [1.54, 1.807) is 29.3 Å². The van der Waals surface area contributed by atoms with E-state index in [0.717, 1.165) is 0 Å². The van der Waals surface area contributed by atoms with Crippen molar-refractivity contribution in [3.63, 3.8) is 0 Å². The standard InChI is InChI=1S/C20H22N4O6S/c1-2-29-16-3-5-17(6-4-16)30-18-12-14(11-15(13-18)24(26)27)21-19(25)20(31)22-23-7-9-28-10-8-23/h3-6,11-13H,2,7-10H2,1H3,(H,21,25)(H,22,31). The fourth-order valence-corrected chi connectivity index (χ4v) is 2.96. The van der Waals surface area contributed by atoms with E-state index in [-0.39, 0.29) is 22.1 Å². The average Bonchev–Trinajstić information content (AvgIpc) is 2.76. The maximum atomic E-state index is 12.4. The lowest BCUT2D eigenvalue weighted by Gasteiger charge is -2.27. The fraction of sp³-hybridized carbons (Fsp3) is 0.300. The van der Waals surface area contributed by atoms with Crippen molar-refractivity contribution >= 4 is 34.5 Å². The molecule has 0 aromatic heterocycles. The minimum Gasteiger partial charge on any atom is -0.494 e. The van der Waals surface area contributed by atoms with Crippen LogP contribution in [-0.4, -0.2) is 53.7 Å². The molecule has 0 radical (unpaired) electrons. The number of thiocarbonyl (C=S) groups is 1. The third-order valence-electron chi connectivity index (χ3n) is 4.21. The number of ether oxygens (including phenoxy) is 3. The van der Waals surface area contributed by atoms with E-state index >= 15 is 0 Å². The number of non-ortho nitro benzene ring substituents is 1. The van der Waals surface area contributed by atoms with Gasteiger partial charge in [-0.05, 0) is 31.2 Å². The molecule has 2 N–H and O–H groups in total. The van der Waals surface area contributed by atoms with Crippen molar-refractivity contribution in [3.8, 4) is 17.2 Å². The second kappa shape index (κ2) is 10.7. The second-order valence-corrected chi connectivity index (χ2v) is 6.88. The van der Waals surface area contributed by atoms with Gasteiger partial charge in [-0.15, -0.1) is 0 Å². The summed E-state index contributed by atoms with van der Waals surface area (Å²) in [6.07, 6.45) is 0. The summed E-state index contributed by atoms with van der Waals surface area (Å²) in [6.45, 7) is 4.67. The van der Waals surface area contributed by atoms with E-state index in [1.165, 1.54) is 18.2 Å². The molecule has 10 nitrogen and oxygen atoms in total. The van der Waals surface area contributed by atoms with Crippen LogP contribution in [0, 0.1) is 10.1 Å². The summed E-state index contributed by atoms with van der Waals surface area (Å²) >= 11 is 5.13. The first-order chi connectivity index (χ1) is 14.9. The van der Waals surface area contributed by atoms with E-state index in [9.17, 15) is 14.9 Å². The van der Waals surface area contributed by atoms with Crippen LogP contribution in [0.2, 0.25) is 0 Å². The van der Waals surface area contributed by atoms with Gasteiger partial charge in [-0.1, -0.05) is 12.2 Å². The number of rotatable bonds is 7.